The maximum atomic E-state index is 12.6. The van der Waals surface area contributed by atoms with Gasteiger partial charge in [-0.1, -0.05) is 11.6 Å². The summed E-state index contributed by atoms with van der Waals surface area (Å²) in [5.41, 5.74) is 0.0901. The third kappa shape index (κ3) is 3.74. The number of amides is 2. The van der Waals surface area contributed by atoms with Gasteiger partial charge in [0.05, 0.1) is 11.2 Å². The van der Waals surface area contributed by atoms with Crippen LogP contribution in [-0.4, -0.2) is 57.6 Å². The highest BCUT2D eigenvalue weighted by Gasteiger charge is 2.42. The molecule has 7 heteroatoms. The zero-order valence-corrected chi connectivity index (χ0v) is 15.0. The molecule has 0 unspecified atom stereocenters. The van der Waals surface area contributed by atoms with Gasteiger partial charge in [-0.2, -0.15) is 5.10 Å². The van der Waals surface area contributed by atoms with Gasteiger partial charge in [0.2, 0.25) is 11.8 Å². The minimum Gasteiger partial charge on any atom is -0.342 e. The number of likely N-dealkylation sites (tertiary alicyclic amines) is 2. The minimum absolute atomic E-state index is 0.0901. The first-order valence-electron chi connectivity index (χ1n) is 8.75. The second-order valence-electron chi connectivity index (χ2n) is 7.00. The van der Waals surface area contributed by atoms with E-state index < -0.39 is 0 Å². The molecule has 0 saturated carbocycles. The molecule has 1 aromatic heterocycles. The second kappa shape index (κ2) is 7.13. The van der Waals surface area contributed by atoms with Crippen LogP contribution in [0.5, 0.6) is 0 Å². The number of nitrogens with zero attached hydrogens (tertiary/aromatic N) is 4. The molecule has 2 aliphatic rings. The topological polar surface area (TPSA) is 58.4 Å². The number of halogens is 1. The lowest BCUT2D eigenvalue weighted by Crippen LogP contribution is -2.55. The van der Waals surface area contributed by atoms with Gasteiger partial charge in [0.1, 0.15) is 0 Å². The van der Waals surface area contributed by atoms with E-state index >= 15 is 0 Å². The highest BCUT2D eigenvalue weighted by molar-refractivity contribution is 6.30. The van der Waals surface area contributed by atoms with Gasteiger partial charge < -0.3 is 9.80 Å². The van der Waals surface area contributed by atoms with E-state index in [4.69, 9.17) is 11.6 Å². The number of carbonyl (C=O) groups excluding carboxylic acids is 2. The summed E-state index contributed by atoms with van der Waals surface area (Å²) in [6.07, 6.45) is 7.39. The fourth-order valence-corrected chi connectivity index (χ4v) is 4.13. The van der Waals surface area contributed by atoms with Crippen LogP contribution in [0.4, 0.5) is 0 Å². The molecule has 0 N–H and O–H groups in total. The Balaban J connectivity index is 1.58. The Bertz CT molecular complexity index is 617. The molecule has 0 bridgehead atoms. The van der Waals surface area contributed by atoms with Crippen molar-refractivity contribution in [2.75, 3.05) is 26.2 Å². The Labute approximate surface area is 147 Å². The second-order valence-corrected chi connectivity index (χ2v) is 7.43. The quantitative estimate of drug-likeness (QED) is 0.834. The molecule has 132 valence electrons. The van der Waals surface area contributed by atoms with Crippen molar-refractivity contribution in [3.63, 3.8) is 0 Å². The summed E-state index contributed by atoms with van der Waals surface area (Å²) in [6, 6.07) is 0. The van der Waals surface area contributed by atoms with Crippen LogP contribution in [0.2, 0.25) is 5.02 Å². The Morgan fingerprint density at radius 3 is 2.92 bits per heavy atom. The standard InChI is InChI=1S/C17H25ClN4O2/c1-2-20-12-17(7-4-15(20)23)6-3-8-21(13-17)16(24)5-9-22-11-14(18)10-19-22/h10-11H,2-9,12-13H2,1H3/t17-/m1/s1. The van der Waals surface area contributed by atoms with E-state index in [9.17, 15) is 9.59 Å². The molecule has 2 saturated heterocycles. The number of aryl methyl sites for hydroxylation is 1. The number of carbonyl (C=O) groups is 2. The molecule has 1 aromatic rings. The van der Waals surface area contributed by atoms with Crippen molar-refractivity contribution < 1.29 is 9.59 Å². The van der Waals surface area contributed by atoms with Crippen LogP contribution in [0.3, 0.4) is 0 Å². The van der Waals surface area contributed by atoms with E-state index in [1.165, 1.54) is 0 Å². The highest BCUT2D eigenvalue weighted by atomic mass is 35.5. The fourth-order valence-electron chi connectivity index (χ4n) is 3.97. The van der Waals surface area contributed by atoms with E-state index in [-0.39, 0.29) is 17.2 Å². The monoisotopic (exact) mass is 352 g/mol. The van der Waals surface area contributed by atoms with Gasteiger partial charge in [0.25, 0.3) is 0 Å². The smallest absolute Gasteiger partial charge is 0.224 e. The van der Waals surface area contributed by atoms with Crippen molar-refractivity contribution in [1.82, 2.24) is 19.6 Å². The number of rotatable bonds is 4. The molecule has 1 atom stereocenters. The van der Waals surface area contributed by atoms with Gasteiger partial charge in [-0.3, -0.25) is 14.3 Å². The van der Waals surface area contributed by atoms with Crippen molar-refractivity contribution in [3.05, 3.63) is 17.4 Å². The third-order valence-corrected chi connectivity index (χ3v) is 5.50. The summed E-state index contributed by atoms with van der Waals surface area (Å²) >= 11 is 5.85. The minimum atomic E-state index is 0.0901. The van der Waals surface area contributed by atoms with Gasteiger partial charge in [-0.15, -0.1) is 0 Å². The Kier molecular flexibility index (Phi) is 5.13. The van der Waals surface area contributed by atoms with Crippen LogP contribution in [0.25, 0.3) is 0 Å². The molecule has 2 fully saturated rings. The van der Waals surface area contributed by atoms with Crippen LogP contribution < -0.4 is 0 Å². The normalized spacial score (nSPS) is 24.7. The molecule has 1 spiro atoms. The largest absolute Gasteiger partial charge is 0.342 e. The molecule has 0 aromatic carbocycles. The molecule has 3 rings (SSSR count). The Hall–Kier alpha value is -1.56. The molecule has 0 radical (unpaired) electrons. The summed E-state index contributed by atoms with van der Waals surface area (Å²) in [5, 5.41) is 4.70. The van der Waals surface area contributed by atoms with E-state index in [0.29, 0.717) is 24.4 Å². The van der Waals surface area contributed by atoms with Gasteiger partial charge in [0.15, 0.2) is 0 Å². The van der Waals surface area contributed by atoms with Crippen molar-refractivity contribution in [2.45, 2.75) is 45.6 Å². The predicted molar refractivity (Wildman–Crippen MR) is 91.6 cm³/mol. The fraction of sp³-hybridized carbons (Fsp3) is 0.706. The predicted octanol–water partition coefficient (Wildman–Crippen LogP) is 2.18. The summed E-state index contributed by atoms with van der Waals surface area (Å²) < 4.78 is 1.71. The van der Waals surface area contributed by atoms with Gasteiger partial charge in [0, 0.05) is 57.2 Å². The number of aromatic nitrogens is 2. The Morgan fingerprint density at radius 1 is 1.38 bits per heavy atom. The van der Waals surface area contributed by atoms with Crippen molar-refractivity contribution in [1.29, 1.82) is 0 Å². The molecular weight excluding hydrogens is 328 g/mol. The molecule has 3 heterocycles. The molecule has 24 heavy (non-hydrogen) atoms. The number of piperidine rings is 2. The van der Waals surface area contributed by atoms with Crippen LogP contribution >= 0.6 is 11.6 Å². The van der Waals surface area contributed by atoms with Gasteiger partial charge in [-0.25, -0.2) is 0 Å². The first kappa shape index (κ1) is 17.3. The maximum Gasteiger partial charge on any atom is 0.224 e. The number of hydrogen-bond acceptors (Lipinski definition) is 3. The summed E-state index contributed by atoms with van der Waals surface area (Å²) in [7, 11) is 0. The molecule has 6 nitrogen and oxygen atoms in total. The van der Waals surface area contributed by atoms with Crippen LogP contribution in [0.15, 0.2) is 12.4 Å². The zero-order valence-electron chi connectivity index (χ0n) is 14.2. The number of hydrogen-bond donors (Lipinski definition) is 0. The Morgan fingerprint density at radius 2 is 2.21 bits per heavy atom. The molecular formula is C17H25ClN4O2. The van der Waals surface area contributed by atoms with E-state index in [1.807, 2.05) is 16.7 Å². The average Bonchev–Trinajstić information content (AvgIpc) is 3.01. The SMILES string of the molecule is CCN1C[C@@]2(CCCN(C(=O)CCn3cc(Cl)cn3)C2)CCC1=O. The summed E-state index contributed by atoms with van der Waals surface area (Å²) in [5.74, 6) is 0.419. The van der Waals surface area contributed by atoms with Gasteiger partial charge >= 0.3 is 0 Å². The zero-order chi connectivity index (χ0) is 17.2. The van der Waals surface area contributed by atoms with Crippen molar-refractivity contribution in [2.24, 2.45) is 5.41 Å². The average molecular weight is 353 g/mol. The first-order valence-corrected chi connectivity index (χ1v) is 9.13. The van der Waals surface area contributed by atoms with Gasteiger partial charge in [-0.05, 0) is 26.2 Å². The van der Waals surface area contributed by atoms with Crippen molar-refractivity contribution in [3.8, 4) is 0 Å². The maximum absolute atomic E-state index is 12.6. The first-order chi connectivity index (χ1) is 11.5. The van der Waals surface area contributed by atoms with Crippen LogP contribution in [0.1, 0.15) is 39.0 Å². The van der Waals surface area contributed by atoms with E-state index in [1.54, 1.807) is 17.1 Å². The lowest BCUT2D eigenvalue weighted by Gasteiger charge is -2.48. The summed E-state index contributed by atoms with van der Waals surface area (Å²) in [4.78, 5) is 28.5. The molecule has 2 aliphatic heterocycles. The highest BCUT2D eigenvalue weighted by Crippen LogP contribution is 2.38. The van der Waals surface area contributed by atoms with E-state index in [0.717, 1.165) is 45.4 Å². The lowest BCUT2D eigenvalue weighted by molar-refractivity contribution is -0.142. The van der Waals surface area contributed by atoms with Crippen LogP contribution in [-0.2, 0) is 16.1 Å². The van der Waals surface area contributed by atoms with E-state index in [2.05, 4.69) is 5.10 Å². The summed E-state index contributed by atoms with van der Waals surface area (Å²) in [6.45, 7) is 5.72. The lowest BCUT2D eigenvalue weighted by atomic mass is 9.73. The molecule has 2 amide bonds. The van der Waals surface area contributed by atoms with Crippen LogP contribution in [0, 0.1) is 5.41 Å². The molecule has 0 aliphatic carbocycles. The third-order valence-electron chi connectivity index (χ3n) is 5.30. The van der Waals surface area contributed by atoms with Crippen molar-refractivity contribution >= 4 is 23.4 Å².